The van der Waals surface area contributed by atoms with Gasteiger partial charge in [-0.2, -0.15) is 5.10 Å². The fourth-order valence-corrected chi connectivity index (χ4v) is 2.57. The molecule has 1 aromatic heterocycles. The van der Waals surface area contributed by atoms with Crippen LogP contribution >= 0.6 is 0 Å². The zero-order chi connectivity index (χ0) is 14.8. The molecule has 0 saturated heterocycles. The molecule has 0 bridgehead atoms. The predicted octanol–water partition coefficient (Wildman–Crippen LogP) is 2.56. The Hall–Kier alpha value is -1.36. The van der Waals surface area contributed by atoms with Gasteiger partial charge < -0.3 is 9.84 Å². The molecular weight excluding hydrogens is 256 g/mol. The van der Waals surface area contributed by atoms with Crippen LogP contribution in [0.3, 0.4) is 0 Å². The van der Waals surface area contributed by atoms with Gasteiger partial charge >= 0.3 is 5.97 Å². The smallest absolute Gasteiger partial charge is 0.341 e. The molecule has 5 heteroatoms. The standard InChI is InChI=1S/C15H24N2O3/c1-15(2,3)20-14(19)12-8-16-17(9-12)13-6-4-11(10-18)5-7-13/h8-9,11,13,18H,4-7,10H2,1-3H3. The van der Waals surface area contributed by atoms with Crippen molar-refractivity contribution in [1.82, 2.24) is 9.78 Å². The lowest BCUT2D eigenvalue weighted by atomic mass is 9.87. The SMILES string of the molecule is CC(C)(C)OC(=O)c1cnn(C2CCC(CO)CC2)c1. The molecule has 0 spiro atoms. The highest BCUT2D eigenvalue weighted by atomic mass is 16.6. The topological polar surface area (TPSA) is 64.3 Å². The summed E-state index contributed by atoms with van der Waals surface area (Å²) in [6, 6.07) is 0.328. The van der Waals surface area contributed by atoms with E-state index in [0.717, 1.165) is 25.7 Å². The second-order valence-electron chi connectivity index (χ2n) is 6.57. The second kappa shape index (κ2) is 5.95. The van der Waals surface area contributed by atoms with Crippen molar-refractivity contribution in [2.24, 2.45) is 5.92 Å². The predicted molar refractivity (Wildman–Crippen MR) is 75.5 cm³/mol. The Balaban J connectivity index is 1.97. The average molecular weight is 280 g/mol. The van der Waals surface area contributed by atoms with Crippen LogP contribution in [-0.4, -0.2) is 33.1 Å². The van der Waals surface area contributed by atoms with E-state index in [1.54, 1.807) is 12.4 Å². The van der Waals surface area contributed by atoms with Gasteiger partial charge in [0.15, 0.2) is 0 Å². The molecule has 0 radical (unpaired) electrons. The van der Waals surface area contributed by atoms with Crippen LogP contribution in [0.1, 0.15) is 62.9 Å². The number of carbonyl (C=O) groups excluding carboxylic acids is 1. The van der Waals surface area contributed by atoms with Gasteiger partial charge in [-0.3, -0.25) is 4.68 Å². The van der Waals surface area contributed by atoms with Gasteiger partial charge in [-0.25, -0.2) is 4.79 Å². The number of aliphatic hydroxyl groups excluding tert-OH is 1. The number of hydrogen-bond donors (Lipinski definition) is 1. The lowest BCUT2D eigenvalue weighted by Gasteiger charge is -2.27. The highest BCUT2D eigenvalue weighted by molar-refractivity contribution is 5.89. The molecule has 1 fully saturated rings. The first-order chi connectivity index (χ1) is 9.39. The van der Waals surface area contributed by atoms with E-state index in [2.05, 4.69) is 5.10 Å². The number of nitrogens with zero attached hydrogens (tertiary/aromatic N) is 2. The molecule has 1 heterocycles. The summed E-state index contributed by atoms with van der Waals surface area (Å²) in [5.41, 5.74) is 0.0162. The minimum Gasteiger partial charge on any atom is -0.456 e. The Kier molecular flexibility index (Phi) is 4.48. The number of hydrogen-bond acceptors (Lipinski definition) is 4. The summed E-state index contributed by atoms with van der Waals surface area (Å²) >= 11 is 0. The number of esters is 1. The first-order valence-electron chi connectivity index (χ1n) is 7.27. The van der Waals surface area contributed by atoms with E-state index in [1.165, 1.54) is 0 Å². The maximum Gasteiger partial charge on any atom is 0.341 e. The number of ether oxygens (including phenoxy) is 1. The minimum absolute atomic E-state index is 0.273. The molecule has 0 amide bonds. The quantitative estimate of drug-likeness (QED) is 0.864. The number of rotatable bonds is 3. The van der Waals surface area contributed by atoms with Crippen LogP contribution in [0.25, 0.3) is 0 Å². The fourth-order valence-electron chi connectivity index (χ4n) is 2.57. The van der Waals surface area contributed by atoms with Gasteiger partial charge in [0.25, 0.3) is 0 Å². The largest absolute Gasteiger partial charge is 0.456 e. The summed E-state index contributed by atoms with van der Waals surface area (Å²) in [6.45, 7) is 5.83. The van der Waals surface area contributed by atoms with Crippen LogP contribution in [0.5, 0.6) is 0 Å². The summed E-state index contributed by atoms with van der Waals surface area (Å²) in [7, 11) is 0. The van der Waals surface area contributed by atoms with E-state index in [0.29, 0.717) is 17.5 Å². The van der Waals surface area contributed by atoms with Gasteiger partial charge in [-0.1, -0.05) is 0 Å². The monoisotopic (exact) mass is 280 g/mol. The fraction of sp³-hybridized carbons (Fsp3) is 0.733. The Morgan fingerprint density at radius 3 is 2.60 bits per heavy atom. The van der Waals surface area contributed by atoms with Crippen LogP contribution in [0.2, 0.25) is 0 Å². The van der Waals surface area contributed by atoms with Gasteiger partial charge in [-0.15, -0.1) is 0 Å². The van der Waals surface area contributed by atoms with Gasteiger partial charge in [-0.05, 0) is 52.4 Å². The van der Waals surface area contributed by atoms with Crippen molar-refractivity contribution in [3.63, 3.8) is 0 Å². The Morgan fingerprint density at radius 2 is 2.05 bits per heavy atom. The van der Waals surface area contributed by atoms with Crippen LogP contribution in [0, 0.1) is 5.92 Å². The molecule has 2 rings (SSSR count). The van der Waals surface area contributed by atoms with E-state index in [-0.39, 0.29) is 12.6 Å². The molecule has 1 N–H and O–H groups in total. The Morgan fingerprint density at radius 1 is 1.40 bits per heavy atom. The number of aliphatic hydroxyl groups is 1. The van der Waals surface area contributed by atoms with Gasteiger partial charge in [0.05, 0.1) is 17.8 Å². The van der Waals surface area contributed by atoms with Gasteiger partial charge in [0, 0.05) is 12.8 Å². The zero-order valence-corrected chi connectivity index (χ0v) is 12.5. The van der Waals surface area contributed by atoms with E-state index in [4.69, 9.17) is 9.84 Å². The molecule has 0 unspecified atom stereocenters. The maximum absolute atomic E-state index is 11.9. The number of carbonyl (C=O) groups is 1. The molecular formula is C15H24N2O3. The molecule has 0 aliphatic heterocycles. The first-order valence-corrected chi connectivity index (χ1v) is 7.27. The molecule has 20 heavy (non-hydrogen) atoms. The molecule has 112 valence electrons. The minimum atomic E-state index is -0.488. The van der Waals surface area contributed by atoms with Crippen LogP contribution in [0.4, 0.5) is 0 Å². The van der Waals surface area contributed by atoms with Crippen LogP contribution < -0.4 is 0 Å². The van der Waals surface area contributed by atoms with Crippen LogP contribution in [-0.2, 0) is 4.74 Å². The lowest BCUT2D eigenvalue weighted by Crippen LogP contribution is -2.23. The van der Waals surface area contributed by atoms with Gasteiger partial charge in [0.2, 0.25) is 0 Å². The van der Waals surface area contributed by atoms with Crippen molar-refractivity contribution in [1.29, 1.82) is 0 Å². The molecule has 0 aromatic carbocycles. The van der Waals surface area contributed by atoms with Crippen molar-refractivity contribution in [3.8, 4) is 0 Å². The van der Waals surface area contributed by atoms with E-state index in [1.807, 2.05) is 25.5 Å². The van der Waals surface area contributed by atoms with E-state index >= 15 is 0 Å². The first kappa shape index (κ1) is 15.0. The average Bonchev–Trinajstić information content (AvgIpc) is 2.86. The Bertz CT molecular complexity index is 454. The van der Waals surface area contributed by atoms with Gasteiger partial charge in [0.1, 0.15) is 5.60 Å². The van der Waals surface area contributed by atoms with Crippen molar-refractivity contribution in [2.75, 3.05) is 6.61 Å². The van der Waals surface area contributed by atoms with Crippen molar-refractivity contribution >= 4 is 5.97 Å². The molecule has 0 atom stereocenters. The normalized spacial score (nSPS) is 23.6. The molecule has 1 aliphatic rings. The van der Waals surface area contributed by atoms with Crippen molar-refractivity contribution in [3.05, 3.63) is 18.0 Å². The third-order valence-corrected chi connectivity index (χ3v) is 3.68. The number of aromatic nitrogens is 2. The van der Waals surface area contributed by atoms with E-state index in [9.17, 15) is 4.79 Å². The summed E-state index contributed by atoms with van der Waals surface area (Å²) in [5.74, 6) is 0.0972. The lowest BCUT2D eigenvalue weighted by molar-refractivity contribution is 0.00693. The van der Waals surface area contributed by atoms with Crippen molar-refractivity contribution < 1.29 is 14.6 Å². The van der Waals surface area contributed by atoms with Crippen molar-refractivity contribution in [2.45, 2.75) is 58.1 Å². The zero-order valence-electron chi connectivity index (χ0n) is 12.5. The summed E-state index contributed by atoms with van der Waals surface area (Å²) in [5, 5.41) is 13.4. The summed E-state index contributed by atoms with van der Waals surface area (Å²) < 4.78 is 7.20. The second-order valence-corrected chi connectivity index (χ2v) is 6.57. The summed E-state index contributed by atoms with van der Waals surface area (Å²) in [4.78, 5) is 11.9. The third kappa shape index (κ3) is 3.82. The molecule has 1 saturated carbocycles. The highest BCUT2D eigenvalue weighted by Crippen LogP contribution is 2.31. The molecule has 5 nitrogen and oxygen atoms in total. The maximum atomic E-state index is 11.9. The summed E-state index contributed by atoms with van der Waals surface area (Å²) in [6.07, 6.45) is 7.39. The third-order valence-electron chi connectivity index (χ3n) is 3.68. The molecule has 1 aromatic rings. The van der Waals surface area contributed by atoms with E-state index < -0.39 is 5.60 Å². The highest BCUT2D eigenvalue weighted by Gasteiger charge is 2.24. The molecule has 1 aliphatic carbocycles. The Labute approximate surface area is 119 Å². The van der Waals surface area contributed by atoms with Crippen LogP contribution in [0.15, 0.2) is 12.4 Å².